The summed E-state index contributed by atoms with van der Waals surface area (Å²) in [5.41, 5.74) is 2.78. The molecule has 0 aromatic heterocycles. The first kappa shape index (κ1) is 17.2. The summed E-state index contributed by atoms with van der Waals surface area (Å²) >= 11 is 5.98. The van der Waals surface area contributed by atoms with Crippen molar-refractivity contribution in [2.45, 2.75) is 19.8 Å². The highest BCUT2D eigenvalue weighted by Gasteiger charge is 2.07. The Morgan fingerprint density at radius 1 is 1.17 bits per heavy atom. The summed E-state index contributed by atoms with van der Waals surface area (Å²) in [6.45, 7) is 2.56. The summed E-state index contributed by atoms with van der Waals surface area (Å²) < 4.78 is 5.26. The van der Waals surface area contributed by atoms with E-state index in [-0.39, 0.29) is 5.91 Å². The van der Waals surface area contributed by atoms with Crippen LogP contribution in [0.3, 0.4) is 0 Å². The molecule has 2 N–H and O–H groups in total. The zero-order valence-electron chi connectivity index (χ0n) is 13.4. The Labute approximate surface area is 141 Å². The number of hydrogen-bond donors (Lipinski definition) is 2. The maximum atomic E-state index is 12.1. The molecule has 0 aliphatic heterocycles. The van der Waals surface area contributed by atoms with E-state index >= 15 is 0 Å². The molecule has 1 amide bonds. The van der Waals surface area contributed by atoms with Gasteiger partial charge in [0.15, 0.2) is 0 Å². The Bertz CT molecular complexity index is 674. The SMILES string of the molecule is CCc1ccccc1NC(=O)CCNc1cc(Cl)ccc1OC. The van der Waals surface area contributed by atoms with Crippen molar-refractivity contribution in [2.75, 3.05) is 24.3 Å². The highest BCUT2D eigenvalue weighted by Crippen LogP contribution is 2.27. The van der Waals surface area contributed by atoms with E-state index in [1.165, 1.54) is 0 Å². The van der Waals surface area contributed by atoms with Crippen molar-refractivity contribution in [1.29, 1.82) is 0 Å². The molecule has 0 heterocycles. The predicted molar refractivity (Wildman–Crippen MR) is 95.6 cm³/mol. The molecule has 0 atom stereocenters. The van der Waals surface area contributed by atoms with Crippen molar-refractivity contribution in [3.63, 3.8) is 0 Å². The van der Waals surface area contributed by atoms with E-state index in [0.717, 1.165) is 23.4 Å². The van der Waals surface area contributed by atoms with Crippen molar-refractivity contribution in [2.24, 2.45) is 0 Å². The smallest absolute Gasteiger partial charge is 0.226 e. The lowest BCUT2D eigenvalue weighted by atomic mass is 10.1. The summed E-state index contributed by atoms with van der Waals surface area (Å²) in [5, 5.41) is 6.75. The van der Waals surface area contributed by atoms with Gasteiger partial charge in [-0.25, -0.2) is 0 Å². The van der Waals surface area contributed by atoms with Gasteiger partial charge >= 0.3 is 0 Å². The van der Waals surface area contributed by atoms with Gasteiger partial charge in [0.05, 0.1) is 12.8 Å². The summed E-state index contributed by atoms with van der Waals surface area (Å²) in [7, 11) is 1.60. The van der Waals surface area contributed by atoms with Crippen LogP contribution >= 0.6 is 11.6 Å². The number of nitrogens with one attached hydrogen (secondary N) is 2. The van der Waals surface area contributed by atoms with Crippen molar-refractivity contribution in [3.8, 4) is 5.75 Å². The Morgan fingerprint density at radius 2 is 1.96 bits per heavy atom. The van der Waals surface area contributed by atoms with Crippen LogP contribution in [0, 0.1) is 0 Å². The molecule has 5 heteroatoms. The van der Waals surface area contributed by atoms with E-state index in [9.17, 15) is 4.79 Å². The Hall–Kier alpha value is -2.20. The summed E-state index contributed by atoms with van der Waals surface area (Å²) in [5.74, 6) is 0.672. The molecule has 0 radical (unpaired) electrons. The molecular weight excluding hydrogens is 312 g/mol. The predicted octanol–water partition coefficient (Wildman–Crippen LogP) is 4.35. The fourth-order valence-corrected chi connectivity index (χ4v) is 2.46. The van der Waals surface area contributed by atoms with Gasteiger partial charge in [-0.2, -0.15) is 0 Å². The van der Waals surface area contributed by atoms with Crippen LogP contribution in [0.1, 0.15) is 18.9 Å². The third-order valence-electron chi connectivity index (χ3n) is 3.50. The van der Waals surface area contributed by atoms with Gasteiger partial charge in [0.2, 0.25) is 5.91 Å². The van der Waals surface area contributed by atoms with Gasteiger partial charge in [0.25, 0.3) is 0 Å². The molecule has 0 unspecified atom stereocenters. The normalized spacial score (nSPS) is 10.2. The Kier molecular flexibility index (Phi) is 6.29. The monoisotopic (exact) mass is 332 g/mol. The van der Waals surface area contributed by atoms with Gasteiger partial charge in [-0.1, -0.05) is 36.7 Å². The van der Waals surface area contributed by atoms with Crippen molar-refractivity contribution >= 4 is 28.9 Å². The highest BCUT2D eigenvalue weighted by atomic mass is 35.5. The number of halogens is 1. The van der Waals surface area contributed by atoms with Crippen LogP contribution in [0.25, 0.3) is 0 Å². The molecular formula is C18H21ClN2O2. The average Bonchev–Trinajstić information content (AvgIpc) is 2.55. The maximum absolute atomic E-state index is 12.1. The first-order valence-electron chi connectivity index (χ1n) is 7.59. The average molecular weight is 333 g/mol. The van der Waals surface area contributed by atoms with E-state index in [4.69, 9.17) is 16.3 Å². The standard InChI is InChI=1S/C18H21ClN2O2/c1-3-13-6-4-5-7-15(13)21-18(22)10-11-20-16-12-14(19)8-9-17(16)23-2/h4-9,12,20H,3,10-11H2,1-2H3,(H,21,22). The minimum absolute atomic E-state index is 0.0283. The van der Waals surface area contributed by atoms with Gasteiger partial charge in [0.1, 0.15) is 5.75 Å². The number of carbonyl (C=O) groups excluding carboxylic acids is 1. The van der Waals surface area contributed by atoms with E-state index < -0.39 is 0 Å². The molecule has 2 rings (SSSR count). The summed E-state index contributed by atoms with van der Waals surface area (Å²) in [6, 6.07) is 13.2. The first-order valence-corrected chi connectivity index (χ1v) is 7.97. The molecule has 23 heavy (non-hydrogen) atoms. The largest absolute Gasteiger partial charge is 0.495 e. The number of para-hydroxylation sites is 1. The first-order chi connectivity index (χ1) is 11.1. The van der Waals surface area contributed by atoms with E-state index in [2.05, 4.69) is 17.6 Å². The van der Waals surface area contributed by atoms with E-state index in [1.54, 1.807) is 25.3 Å². The molecule has 4 nitrogen and oxygen atoms in total. The van der Waals surface area contributed by atoms with E-state index in [1.807, 2.05) is 24.3 Å². The zero-order valence-corrected chi connectivity index (χ0v) is 14.1. The molecule has 0 aliphatic rings. The lowest BCUT2D eigenvalue weighted by Gasteiger charge is -2.12. The van der Waals surface area contributed by atoms with Crippen LogP contribution in [0.5, 0.6) is 5.75 Å². The number of rotatable bonds is 7. The van der Waals surface area contributed by atoms with Crippen LogP contribution in [-0.2, 0) is 11.2 Å². The summed E-state index contributed by atoms with van der Waals surface area (Å²) in [4.78, 5) is 12.1. The molecule has 2 aromatic rings. The quantitative estimate of drug-likeness (QED) is 0.792. The number of anilines is 2. The number of hydrogen-bond acceptors (Lipinski definition) is 3. The molecule has 0 fully saturated rings. The Balaban J connectivity index is 1.89. The second kappa shape index (κ2) is 8.44. The second-order valence-electron chi connectivity index (χ2n) is 5.08. The van der Waals surface area contributed by atoms with Crippen LogP contribution in [-0.4, -0.2) is 19.6 Å². The fourth-order valence-electron chi connectivity index (χ4n) is 2.29. The molecule has 0 bridgehead atoms. The molecule has 2 aromatic carbocycles. The maximum Gasteiger partial charge on any atom is 0.226 e. The van der Waals surface area contributed by atoms with Gasteiger partial charge < -0.3 is 15.4 Å². The van der Waals surface area contributed by atoms with Crippen molar-refractivity contribution in [3.05, 3.63) is 53.1 Å². The van der Waals surface area contributed by atoms with Gasteiger partial charge in [-0.15, -0.1) is 0 Å². The second-order valence-corrected chi connectivity index (χ2v) is 5.52. The summed E-state index contributed by atoms with van der Waals surface area (Å²) in [6.07, 6.45) is 1.24. The number of benzene rings is 2. The van der Waals surface area contributed by atoms with E-state index in [0.29, 0.717) is 23.7 Å². The third kappa shape index (κ3) is 4.89. The zero-order chi connectivity index (χ0) is 16.7. The number of methoxy groups -OCH3 is 1. The van der Waals surface area contributed by atoms with Gasteiger partial charge in [-0.05, 0) is 36.2 Å². The number of carbonyl (C=O) groups is 1. The molecule has 0 saturated heterocycles. The minimum atomic E-state index is -0.0283. The van der Waals surface area contributed by atoms with Crippen molar-refractivity contribution < 1.29 is 9.53 Å². The van der Waals surface area contributed by atoms with Crippen LogP contribution < -0.4 is 15.4 Å². The molecule has 0 saturated carbocycles. The van der Waals surface area contributed by atoms with Gasteiger partial charge in [-0.3, -0.25) is 4.79 Å². The molecule has 0 spiro atoms. The third-order valence-corrected chi connectivity index (χ3v) is 3.74. The van der Waals surface area contributed by atoms with Crippen LogP contribution in [0.15, 0.2) is 42.5 Å². The minimum Gasteiger partial charge on any atom is -0.495 e. The highest BCUT2D eigenvalue weighted by molar-refractivity contribution is 6.30. The van der Waals surface area contributed by atoms with Crippen LogP contribution in [0.2, 0.25) is 5.02 Å². The number of amides is 1. The molecule has 0 aliphatic carbocycles. The Morgan fingerprint density at radius 3 is 2.70 bits per heavy atom. The van der Waals surface area contributed by atoms with Crippen LogP contribution in [0.4, 0.5) is 11.4 Å². The van der Waals surface area contributed by atoms with Crippen molar-refractivity contribution in [1.82, 2.24) is 0 Å². The topological polar surface area (TPSA) is 50.4 Å². The van der Waals surface area contributed by atoms with Gasteiger partial charge in [0, 0.05) is 23.7 Å². The lowest BCUT2D eigenvalue weighted by molar-refractivity contribution is -0.115. The number of ether oxygens (including phenoxy) is 1. The lowest BCUT2D eigenvalue weighted by Crippen LogP contribution is -2.17. The molecule has 122 valence electrons. The fraction of sp³-hybridized carbons (Fsp3) is 0.278. The number of aryl methyl sites for hydroxylation is 1.